The molecule has 112 valence electrons. The van der Waals surface area contributed by atoms with Crippen LogP contribution in [-0.4, -0.2) is 11.7 Å². The van der Waals surface area contributed by atoms with Crippen LogP contribution in [0.1, 0.15) is 18.1 Å². The molecular weight excluding hydrogens is 279 g/mol. The molecule has 1 unspecified atom stereocenters. The molecule has 0 heterocycles. The van der Waals surface area contributed by atoms with Gasteiger partial charge in [-0.1, -0.05) is 6.07 Å². The van der Waals surface area contributed by atoms with E-state index in [-0.39, 0.29) is 5.56 Å². The first kappa shape index (κ1) is 15.4. The maximum Gasteiger partial charge on any atom is 0.131 e. The minimum atomic E-state index is -1.20. The number of aliphatic hydroxyl groups is 1. The molecule has 2 rings (SSSR count). The standard InChI is InChI=1S/C16H16F3NO/c1-10-5-12(18)7-13(6-10)20-16(2,9-21)14-4-3-11(17)8-15(14)19/h3-8,20-21H,9H2,1-2H3. The van der Waals surface area contributed by atoms with Crippen molar-refractivity contribution in [2.24, 2.45) is 0 Å². The van der Waals surface area contributed by atoms with Gasteiger partial charge in [-0.05, 0) is 43.7 Å². The van der Waals surface area contributed by atoms with Gasteiger partial charge in [-0.3, -0.25) is 0 Å². The smallest absolute Gasteiger partial charge is 0.131 e. The number of benzene rings is 2. The van der Waals surface area contributed by atoms with Crippen molar-refractivity contribution in [3.63, 3.8) is 0 Å². The van der Waals surface area contributed by atoms with E-state index in [1.807, 2.05) is 0 Å². The highest BCUT2D eigenvalue weighted by Gasteiger charge is 2.29. The third kappa shape index (κ3) is 3.36. The van der Waals surface area contributed by atoms with E-state index in [2.05, 4.69) is 5.32 Å². The van der Waals surface area contributed by atoms with Crippen LogP contribution >= 0.6 is 0 Å². The van der Waals surface area contributed by atoms with Crippen LogP contribution in [0, 0.1) is 24.4 Å². The number of hydrogen-bond donors (Lipinski definition) is 2. The van der Waals surface area contributed by atoms with E-state index in [0.29, 0.717) is 11.3 Å². The van der Waals surface area contributed by atoms with Gasteiger partial charge in [-0.2, -0.15) is 0 Å². The average Bonchev–Trinajstić information content (AvgIpc) is 2.37. The van der Waals surface area contributed by atoms with Crippen LogP contribution in [0.5, 0.6) is 0 Å². The maximum absolute atomic E-state index is 13.9. The van der Waals surface area contributed by atoms with Crippen LogP contribution in [0.15, 0.2) is 36.4 Å². The Bertz CT molecular complexity index is 640. The third-order valence-electron chi connectivity index (χ3n) is 3.30. The molecule has 21 heavy (non-hydrogen) atoms. The largest absolute Gasteiger partial charge is 0.394 e. The summed E-state index contributed by atoms with van der Waals surface area (Å²) in [5.74, 6) is -1.90. The molecule has 0 fully saturated rings. The van der Waals surface area contributed by atoms with E-state index >= 15 is 0 Å². The van der Waals surface area contributed by atoms with Gasteiger partial charge in [0.1, 0.15) is 17.5 Å². The average molecular weight is 295 g/mol. The van der Waals surface area contributed by atoms with Crippen molar-refractivity contribution in [1.82, 2.24) is 0 Å². The van der Waals surface area contributed by atoms with Gasteiger partial charge in [-0.25, -0.2) is 13.2 Å². The van der Waals surface area contributed by atoms with Gasteiger partial charge in [0.25, 0.3) is 0 Å². The van der Waals surface area contributed by atoms with Gasteiger partial charge < -0.3 is 10.4 Å². The fraction of sp³-hybridized carbons (Fsp3) is 0.250. The number of anilines is 1. The molecule has 2 aromatic rings. The van der Waals surface area contributed by atoms with Crippen LogP contribution in [0.4, 0.5) is 18.9 Å². The second-order valence-corrected chi connectivity index (χ2v) is 5.26. The van der Waals surface area contributed by atoms with E-state index < -0.39 is 29.6 Å². The summed E-state index contributed by atoms with van der Waals surface area (Å²) in [6, 6.07) is 7.42. The number of nitrogens with one attached hydrogen (secondary N) is 1. The Morgan fingerprint density at radius 3 is 2.33 bits per heavy atom. The molecule has 1 atom stereocenters. The second kappa shape index (κ2) is 5.77. The van der Waals surface area contributed by atoms with Crippen molar-refractivity contribution in [1.29, 1.82) is 0 Å². The first-order valence-corrected chi connectivity index (χ1v) is 6.46. The second-order valence-electron chi connectivity index (χ2n) is 5.26. The molecular formula is C16H16F3NO. The number of rotatable bonds is 4. The van der Waals surface area contributed by atoms with Crippen molar-refractivity contribution in [3.05, 3.63) is 65.0 Å². The van der Waals surface area contributed by atoms with Crippen LogP contribution in [-0.2, 0) is 5.54 Å². The Hall–Kier alpha value is -2.01. The molecule has 2 aromatic carbocycles. The van der Waals surface area contributed by atoms with Gasteiger partial charge in [0.2, 0.25) is 0 Å². The van der Waals surface area contributed by atoms with Gasteiger partial charge in [0.05, 0.1) is 12.1 Å². The van der Waals surface area contributed by atoms with Crippen molar-refractivity contribution in [2.75, 3.05) is 11.9 Å². The van der Waals surface area contributed by atoms with E-state index in [1.165, 1.54) is 18.2 Å². The summed E-state index contributed by atoms with van der Waals surface area (Å²) in [5.41, 5.74) is 0.0105. The lowest BCUT2D eigenvalue weighted by Gasteiger charge is -2.31. The van der Waals surface area contributed by atoms with E-state index in [1.54, 1.807) is 19.9 Å². The Balaban J connectivity index is 2.41. The maximum atomic E-state index is 13.9. The van der Waals surface area contributed by atoms with Gasteiger partial charge >= 0.3 is 0 Å². The van der Waals surface area contributed by atoms with Crippen LogP contribution in [0.25, 0.3) is 0 Å². The summed E-state index contributed by atoms with van der Waals surface area (Å²) in [4.78, 5) is 0. The molecule has 0 aliphatic carbocycles. The highest BCUT2D eigenvalue weighted by Crippen LogP contribution is 2.29. The summed E-state index contributed by atoms with van der Waals surface area (Å²) < 4.78 is 40.3. The molecule has 2 N–H and O–H groups in total. The molecule has 0 aliphatic rings. The molecule has 0 saturated heterocycles. The van der Waals surface area contributed by atoms with E-state index in [4.69, 9.17) is 0 Å². The minimum absolute atomic E-state index is 0.105. The third-order valence-corrected chi connectivity index (χ3v) is 3.30. The molecule has 0 aromatic heterocycles. The predicted octanol–water partition coefficient (Wildman–Crippen LogP) is 3.73. The molecule has 0 bridgehead atoms. The Labute approximate surface area is 121 Å². The fourth-order valence-corrected chi connectivity index (χ4v) is 2.26. The van der Waals surface area contributed by atoms with Crippen LogP contribution in [0.3, 0.4) is 0 Å². The molecule has 0 spiro atoms. The highest BCUT2D eigenvalue weighted by molar-refractivity contribution is 5.50. The normalized spacial score (nSPS) is 13.8. The summed E-state index contributed by atoms with van der Waals surface area (Å²) in [6.45, 7) is 2.84. The van der Waals surface area contributed by atoms with E-state index in [0.717, 1.165) is 12.1 Å². The number of aryl methyl sites for hydroxylation is 1. The lowest BCUT2D eigenvalue weighted by atomic mass is 9.91. The lowest BCUT2D eigenvalue weighted by Crippen LogP contribution is -2.37. The molecule has 2 nitrogen and oxygen atoms in total. The first-order valence-electron chi connectivity index (χ1n) is 6.46. The molecule has 0 saturated carbocycles. The number of hydrogen-bond acceptors (Lipinski definition) is 2. The topological polar surface area (TPSA) is 32.3 Å². The summed E-state index contributed by atoms with van der Waals surface area (Å²) in [6.07, 6.45) is 0. The lowest BCUT2D eigenvalue weighted by molar-refractivity contribution is 0.220. The molecule has 5 heteroatoms. The fourth-order valence-electron chi connectivity index (χ4n) is 2.26. The van der Waals surface area contributed by atoms with Crippen molar-refractivity contribution in [2.45, 2.75) is 19.4 Å². The predicted molar refractivity (Wildman–Crippen MR) is 75.6 cm³/mol. The van der Waals surface area contributed by atoms with Gasteiger partial charge in [-0.15, -0.1) is 0 Å². The van der Waals surface area contributed by atoms with Gasteiger partial charge in [0.15, 0.2) is 0 Å². The zero-order valence-electron chi connectivity index (χ0n) is 11.8. The SMILES string of the molecule is Cc1cc(F)cc(NC(C)(CO)c2ccc(F)cc2F)c1. The number of halogens is 3. The quantitative estimate of drug-likeness (QED) is 0.900. The Morgan fingerprint density at radius 1 is 1.05 bits per heavy atom. The van der Waals surface area contributed by atoms with Crippen LogP contribution in [0.2, 0.25) is 0 Å². The number of aliphatic hydroxyl groups excluding tert-OH is 1. The molecule has 0 amide bonds. The zero-order valence-corrected chi connectivity index (χ0v) is 11.8. The van der Waals surface area contributed by atoms with Crippen LogP contribution < -0.4 is 5.32 Å². The van der Waals surface area contributed by atoms with Crippen molar-refractivity contribution in [3.8, 4) is 0 Å². The van der Waals surface area contributed by atoms with E-state index in [9.17, 15) is 18.3 Å². The van der Waals surface area contributed by atoms with Crippen molar-refractivity contribution < 1.29 is 18.3 Å². The Morgan fingerprint density at radius 2 is 1.76 bits per heavy atom. The summed E-state index contributed by atoms with van der Waals surface area (Å²) in [7, 11) is 0. The Kier molecular flexibility index (Phi) is 4.23. The minimum Gasteiger partial charge on any atom is -0.394 e. The molecule has 0 radical (unpaired) electrons. The first-order chi connectivity index (χ1) is 9.84. The van der Waals surface area contributed by atoms with Crippen molar-refractivity contribution >= 4 is 5.69 Å². The van der Waals surface area contributed by atoms with Gasteiger partial charge in [0, 0.05) is 17.3 Å². The zero-order chi connectivity index (χ0) is 15.6. The molecule has 0 aliphatic heterocycles. The monoisotopic (exact) mass is 295 g/mol. The summed E-state index contributed by atoms with van der Waals surface area (Å²) in [5, 5.41) is 12.5. The highest BCUT2D eigenvalue weighted by atomic mass is 19.1. The summed E-state index contributed by atoms with van der Waals surface area (Å²) >= 11 is 0.